The number of nitrogens with zero attached hydrogens (tertiary/aromatic N) is 1. The van der Waals surface area contributed by atoms with E-state index in [0.717, 1.165) is 18.7 Å². The fraction of sp³-hybridized carbons (Fsp3) is 0.647. The normalized spacial score (nSPS) is 15.4. The summed E-state index contributed by atoms with van der Waals surface area (Å²) in [6, 6.07) is 7.50. The third-order valence-electron chi connectivity index (χ3n) is 4.12. The molecule has 0 saturated carbocycles. The van der Waals surface area contributed by atoms with E-state index in [4.69, 9.17) is 0 Å². The fourth-order valence-electron chi connectivity index (χ4n) is 2.38. The molecule has 20 heavy (non-hydrogen) atoms. The highest BCUT2D eigenvalue weighted by Crippen LogP contribution is 2.25. The van der Waals surface area contributed by atoms with Gasteiger partial charge in [-0.2, -0.15) is 0 Å². The average molecular weight is 280 g/mol. The molecule has 0 aromatic heterocycles. The largest absolute Gasteiger partial charge is 0.309 e. The van der Waals surface area contributed by atoms with Crippen molar-refractivity contribution in [3.63, 3.8) is 0 Å². The van der Waals surface area contributed by atoms with Crippen LogP contribution in [0.4, 0.5) is 4.39 Å². The van der Waals surface area contributed by atoms with E-state index >= 15 is 0 Å². The minimum absolute atomic E-state index is 0.0241. The lowest BCUT2D eigenvalue weighted by Gasteiger charge is -2.37. The Morgan fingerprint density at radius 1 is 1.25 bits per heavy atom. The van der Waals surface area contributed by atoms with Gasteiger partial charge in [-0.1, -0.05) is 45.9 Å². The first-order valence-corrected chi connectivity index (χ1v) is 7.45. The van der Waals surface area contributed by atoms with E-state index in [-0.39, 0.29) is 17.3 Å². The van der Waals surface area contributed by atoms with Crippen LogP contribution in [0, 0.1) is 11.2 Å². The first-order valence-electron chi connectivity index (χ1n) is 7.45. The highest BCUT2D eigenvalue weighted by Gasteiger charge is 2.26. The molecule has 1 N–H and O–H groups in total. The monoisotopic (exact) mass is 280 g/mol. The summed E-state index contributed by atoms with van der Waals surface area (Å²) >= 11 is 0. The number of benzene rings is 1. The summed E-state index contributed by atoms with van der Waals surface area (Å²) in [6.45, 7) is 12.6. The van der Waals surface area contributed by atoms with Crippen molar-refractivity contribution in [2.45, 2.75) is 46.7 Å². The van der Waals surface area contributed by atoms with Crippen molar-refractivity contribution < 1.29 is 4.39 Å². The zero-order chi connectivity index (χ0) is 15.3. The third-order valence-corrected chi connectivity index (χ3v) is 4.12. The first kappa shape index (κ1) is 17.1. The van der Waals surface area contributed by atoms with Crippen molar-refractivity contribution >= 4 is 0 Å². The molecule has 0 fully saturated rings. The van der Waals surface area contributed by atoms with Crippen LogP contribution in [0.3, 0.4) is 0 Å². The molecule has 0 heterocycles. The Morgan fingerprint density at radius 3 is 2.35 bits per heavy atom. The van der Waals surface area contributed by atoms with Crippen LogP contribution >= 0.6 is 0 Å². The van der Waals surface area contributed by atoms with Gasteiger partial charge in [-0.3, -0.25) is 0 Å². The second-order valence-electron chi connectivity index (χ2n) is 6.61. The first-order chi connectivity index (χ1) is 9.27. The van der Waals surface area contributed by atoms with Crippen LogP contribution in [-0.2, 0) is 0 Å². The minimum atomic E-state index is -0.129. The fourth-order valence-corrected chi connectivity index (χ4v) is 2.38. The van der Waals surface area contributed by atoms with Crippen molar-refractivity contribution in [2.75, 3.05) is 20.1 Å². The quantitative estimate of drug-likeness (QED) is 0.851. The molecule has 0 bridgehead atoms. The van der Waals surface area contributed by atoms with Gasteiger partial charge in [0.25, 0.3) is 0 Å². The van der Waals surface area contributed by atoms with E-state index in [1.165, 1.54) is 6.07 Å². The van der Waals surface area contributed by atoms with Gasteiger partial charge in [0.05, 0.1) is 0 Å². The Balaban J connectivity index is 2.86. The second-order valence-corrected chi connectivity index (χ2v) is 6.61. The third kappa shape index (κ3) is 4.57. The van der Waals surface area contributed by atoms with E-state index in [0.29, 0.717) is 6.04 Å². The SMILES string of the molecule is CCNC(CN(C)C(C)C(C)(C)C)c1ccccc1F. The predicted molar refractivity (Wildman–Crippen MR) is 84.4 cm³/mol. The molecule has 0 aliphatic carbocycles. The smallest absolute Gasteiger partial charge is 0.128 e. The molecule has 1 rings (SSSR count). The summed E-state index contributed by atoms with van der Waals surface area (Å²) in [6.07, 6.45) is 0. The Bertz CT molecular complexity index is 412. The Labute approximate surface area is 123 Å². The van der Waals surface area contributed by atoms with Crippen LogP contribution in [-0.4, -0.2) is 31.1 Å². The Kier molecular flexibility index (Phi) is 6.15. The maximum absolute atomic E-state index is 14.0. The van der Waals surface area contributed by atoms with Gasteiger partial charge < -0.3 is 10.2 Å². The van der Waals surface area contributed by atoms with Gasteiger partial charge in [0, 0.05) is 24.2 Å². The van der Waals surface area contributed by atoms with E-state index < -0.39 is 0 Å². The predicted octanol–water partition coefficient (Wildman–Crippen LogP) is 3.84. The summed E-state index contributed by atoms with van der Waals surface area (Å²) in [5.41, 5.74) is 0.961. The van der Waals surface area contributed by atoms with Crippen molar-refractivity contribution in [1.29, 1.82) is 0 Å². The molecule has 1 aromatic rings. The number of nitrogens with one attached hydrogen (secondary N) is 1. The van der Waals surface area contributed by atoms with Crippen molar-refractivity contribution in [2.24, 2.45) is 5.41 Å². The molecule has 2 nitrogen and oxygen atoms in total. The molecule has 0 amide bonds. The number of rotatable bonds is 6. The lowest BCUT2D eigenvalue weighted by Crippen LogP contribution is -2.43. The molecule has 2 atom stereocenters. The van der Waals surface area contributed by atoms with Crippen LogP contribution < -0.4 is 5.32 Å². The Morgan fingerprint density at radius 2 is 1.85 bits per heavy atom. The molecule has 0 spiro atoms. The average Bonchev–Trinajstić information content (AvgIpc) is 2.36. The molecule has 0 aliphatic heterocycles. The molecule has 0 radical (unpaired) electrons. The molecule has 0 aliphatic rings. The van der Waals surface area contributed by atoms with Crippen LogP contribution in [0.15, 0.2) is 24.3 Å². The minimum Gasteiger partial charge on any atom is -0.309 e. The van der Waals surface area contributed by atoms with E-state index in [2.05, 4.69) is 51.9 Å². The molecular weight excluding hydrogens is 251 g/mol. The van der Waals surface area contributed by atoms with Gasteiger partial charge >= 0.3 is 0 Å². The van der Waals surface area contributed by atoms with Gasteiger partial charge in [0.2, 0.25) is 0 Å². The number of halogens is 1. The number of likely N-dealkylation sites (N-methyl/N-ethyl adjacent to an activating group) is 2. The summed E-state index contributed by atoms with van der Waals surface area (Å²) in [5.74, 6) is -0.129. The summed E-state index contributed by atoms with van der Waals surface area (Å²) in [5, 5.41) is 3.40. The molecular formula is C17H29FN2. The van der Waals surface area contributed by atoms with Crippen LogP contribution in [0.25, 0.3) is 0 Å². The van der Waals surface area contributed by atoms with Crippen molar-refractivity contribution in [3.8, 4) is 0 Å². The zero-order valence-electron chi connectivity index (χ0n) is 13.7. The van der Waals surface area contributed by atoms with E-state index in [1.54, 1.807) is 6.07 Å². The highest BCUT2D eigenvalue weighted by atomic mass is 19.1. The maximum Gasteiger partial charge on any atom is 0.128 e. The number of hydrogen-bond acceptors (Lipinski definition) is 2. The van der Waals surface area contributed by atoms with Crippen LogP contribution in [0.5, 0.6) is 0 Å². The lowest BCUT2D eigenvalue weighted by atomic mass is 9.87. The van der Waals surface area contributed by atoms with Crippen molar-refractivity contribution in [3.05, 3.63) is 35.6 Å². The van der Waals surface area contributed by atoms with Gasteiger partial charge in [-0.15, -0.1) is 0 Å². The molecule has 2 unspecified atom stereocenters. The van der Waals surface area contributed by atoms with Crippen molar-refractivity contribution in [1.82, 2.24) is 10.2 Å². The molecule has 1 aromatic carbocycles. The second kappa shape index (κ2) is 7.19. The van der Waals surface area contributed by atoms with Gasteiger partial charge in [-0.05, 0) is 32.0 Å². The highest BCUT2D eigenvalue weighted by molar-refractivity contribution is 5.21. The molecule has 3 heteroatoms. The summed E-state index contributed by atoms with van der Waals surface area (Å²) in [7, 11) is 2.11. The Hall–Kier alpha value is -0.930. The maximum atomic E-state index is 14.0. The summed E-state index contributed by atoms with van der Waals surface area (Å²) < 4.78 is 14.0. The number of hydrogen-bond donors (Lipinski definition) is 1. The zero-order valence-corrected chi connectivity index (χ0v) is 13.7. The van der Waals surface area contributed by atoms with Crippen LogP contribution in [0.1, 0.15) is 46.2 Å². The standard InChI is InChI=1S/C17H29FN2/c1-7-19-16(14-10-8-9-11-15(14)18)12-20(6)13(2)17(3,4)5/h8-11,13,16,19H,7,12H2,1-6H3. The van der Waals surface area contributed by atoms with Gasteiger partial charge in [-0.25, -0.2) is 4.39 Å². The van der Waals surface area contributed by atoms with E-state index in [1.807, 2.05) is 12.1 Å². The molecule has 114 valence electrons. The van der Waals surface area contributed by atoms with Gasteiger partial charge in [0.15, 0.2) is 0 Å². The summed E-state index contributed by atoms with van der Waals surface area (Å²) in [4.78, 5) is 2.31. The van der Waals surface area contributed by atoms with E-state index in [9.17, 15) is 4.39 Å². The van der Waals surface area contributed by atoms with Gasteiger partial charge in [0.1, 0.15) is 5.82 Å². The topological polar surface area (TPSA) is 15.3 Å². The molecule has 0 saturated heterocycles. The lowest BCUT2D eigenvalue weighted by molar-refractivity contribution is 0.129. The van der Waals surface area contributed by atoms with Crippen LogP contribution in [0.2, 0.25) is 0 Å².